The summed E-state index contributed by atoms with van der Waals surface area (Å²) in [7, 11) is -4.00. The van der Waals surface area contributed by atoms with Gasteiger partial charge in [-0.3, -0.25) is 5.43 Å². The summed E-state index contributed by atoms with van der Waals surface area (Å²) in [6, 6.07) is 14.5. The molecular weight excluding hydrogens is 406 g/mol. The molecule has 0 aromatic heterocycles. The summed E-state index contributed by atoms with van der Waals surface area (Å²) in [4.78, 5) is 12.6. The topological polar surface area (TPSA) is 78.5 Å². The van der Waals surface area contributed by atoms with Crippen LogP contribution in [0.15, 0.2) is 75.7 Å². The normalized spacial score (nSPS) is 17.0. The first-order valence-corrected chi connectivity index (χ1v) is 9.76. The van der Waals surface area contributed by atoms with Crippen molar-refractivity contribution in [2.75, 3.05) is 0 Å². The second kappa shape index (κ2) is 6.89. The van der Waals surface area contributed by atoms with Gasteiger partial charge in [-0.2, -0.15) is 0 Å². The Morgan fingerprint density at radius 1 is 1.12 bits per heavy atom. The van der Waals surface area contributed by atoms with Gasteiger partial charge in [-0.15, -0.1) is 0 Å². The fourth-order valence-electron chi connectivity index (χ4n) is 2.56. The van der Waals surface area contributed by atoms with Gasteiger partial charge in [-0.05, 0) is 46.6 Å². The van der Waals surface area contributed by atoms with Crippen molar-refractivity contribution in [1.82, 2.24) is 15.2 Å². The predicted molar refractivity (Wildman–Crippen MR) is 97.8 cm³/mol. The van der Waals surface area contributed by atoms with Crippen LogP contribution in [0.2, 0.25) is 0 Å². The molecule has 8 heteroatoms. The molecule has 0 bridgehead atoms. The third kappa shape index (κ3) is 3.69. The Bertz CT molecular complexity index is 929. The van der Waals surface area contributed by atoms with Crippen LogP contribution in [0.1, 0.15) is 18.5 Å². The lowest BCUT2D eigenvalue weighted by Gasteiger charge is -2.25. The van der Waals surface area contributed by atoms with Crippen LogP contribution >= 0.6 is 15.9 Å². The number of rotatable bonds is 3. The summed E-state index contributed by atoms with van der Waals surface area (Å²) in [5.41, 5.74) is 4.54. The van der Waals surface area contributed by atoms with Crippen molar-refractivity contribution < 1.29 is 13.2 Å². The Morgan fingerprint density at radius 2 is 1.76 bits per heavy atom. The first-order chi connectivity index (χ1) is 11.9. The lowest BCUT2D eigenvalue weighted by Crippen LogP contribution is -2.47. The van der Waals surface area contributed by atoms with E-state index in [0.29, 0.717) is 4.47 Å². The zero-order chi connectivity index (χ0) is 18.0. The molecule has 1 aliphatic heterocycles. The van der Waals surface area contributed by atoms with E-state index in [1.807, 2.05) is 43.3 Å². The van der Waals surface area contributed by atoms with Crippen LogP contribution < -0.4 is 10.1 Å². The van der Waals surface area contributed by atoms with Crippen molar-refractivity contribution >= 4 is 32.0 Å². The smallest absolute Gasteiger partial charge is 0.298 e. The first-order valence-electron chi connectivity index (χ1n) is 7.49. The summed E-state index contributed by atoms with van der Waals surface area (Å²) in [6.45, 7) is 1.81. The number of hydrogen-bond acceptors (Lipinski definition) is 4. The van der Waals surface area contributed by atoms with Gasteiger partial charge in [0.1, 0.15) is 10.9 Å². The van der Waals surface area contributed by atoms with Gasteiger partial charge in [0, 0.05) is 10.2 Å². The molecule has 1 aliphatic rings. The van der Waals surface area contributed by atoms with Gasteiger partial charge in [-0.25, -0.2) is 22.9 Å². The molecule has 0 radical (unpaired) electrons. The van der Waals surface area contributed by atoms with Gasteiger partial charge in [-0.1, -0.05) is 42.5 Å². The van der Waals surface area contributed by atoms with Gasteiger partial charge in [0.2, 0.25) is 0 Å². The molecule has 0 saturated carbocycles. The molecule has 2 N–H and O–H groups in total. The average Bonchev–Trinajstić information content (AvgIpc) is 2.97. The van der Waals surface area contributed by atoms with Crippen molar-refractivity contribution in [1.29, 1.82) is 0 Å². The van der Waals surface area contributed by atoms with E-state index in [9.17, 15) is 13.2 Å². The predicted octanol–water partition coefficient (Wildman–Crippen LogP) is 3.31. The lowest BCUT2D eigenvalue weighted by atomic mass is 10.1. The van der Waals surface area contributed by atoms with Crippen molar-refractivity contribution in [2.24, 2.45) is 0 Å². The highest BCUT2D eigenvalue weighted by atomic mass is 79.9. The zero-order valence-electron chi connectivity index (χ0n) is 13.3. The molecule has 2 aromatic carbocycles. The van der Waals surface area contributed by atoms with Crippen molar-refractivity contribution in [3.8, 4) is 0 Å². The highest BCUT2D eigenvalue weighted by Crippen LogP contribution is 2.27. The Hall–Kier alpha value is -2.32. The molecule has 1 atom stereocenters. The van der Waals surface area contributed by atoms with E-state index in [2.05, 4.69) is 26.1 Å². The van der Waals surface area contributed by atoms with Crippen LogP contribution in [0.4, 0.5) is 4.79 Å². The largest absolute Gasteiger partial charge is 0.350 e. The molecule has 3 rings (SSSR count). The number of hydrogen-bond donors (Lipinski definition) is 2. The number of carbonyl (C=O) groups excluding carboxylic acids is 1. The number of sulfonamides is 1. The number of halogens is 1. The summed E-state index contributed by atoms with van der Waals surface area (Å²) < 4.78 is 27.5. The van der Waals surface area contributed by atoms with Gasteiger partial charge < -0.3 is 0 Å². The number of benzene rings is 2. The van der Waals surface area contributed by atoms with Crippen LogP contribution in [0.3, 0.4) is 0 Å². The van der Waals surface area contributed by atoms with Gasteiger partial charge >= 0.3 is 6.03 Å². The number of nitrogens with one attached hydrogen (secondary N) is 2. The molecule has 0 fully saturated rings. The Kier molecular flexibility index (Phi) is 4.82. The fraction of sp³-hybridized carbons (Fsp3) is 0.118. The maximum absolute atomic E-state index is 12.6. The van der Waals surface area contributed by atoms with Gasteiger partial charge in [0.15, 0.2) is 0 Å². The zero-order valence-corrected chi connectivity index (χ0v) is 15.7. The average molecular weight is 422 g/mol. The van der Waals surface area contributed by atoms with Crippen LogP contribution in [-0.4, -0.2) is 19.5 Å². The maximum Gasteiger partial charge on any atom is 0.350 e. The summed E-state index contributed by atoms with van der Waals surface area (Å²) in [5, 5.41) is 1.26. The second-order valence-corrected chi connectivity index (χ2v) is 8.03. The van der Waals surface area contributed by atoms with Crippen molar-refractivity contribution in [2.45, 2.75) is 17.9 Å². The number of urea groups is 1. The maximum atomic E-state index is 12.6. The molecule has 0 saturated heterocycles. The molecule has 0 aliphatic carbocycles. The minimum absolute atomic E-state index is 0.00323. The third-order valence-corrected chi connectivity index (χ3v) is 6.02. The minimum Gasteiger partial charge on any atom is -0.298 e. The quantitative estimate of drug-likeness (QED) is 0.796. The van der Waals surface area contributed by atoms with Gasteiger partial charge in [0.25, 0.3) is 10.0 Å². The van der Waals surface area contributed by atoms with Crippen molar-refractivity contribution in [3.05, 3.63) is 76.4 Å². The molecular formula is C17H16BrN3O3S. The molecule has 1 unspecified atom stereocenters. The Balaban J connectivity index is 1.85. The number of carbonyl (C=O) groups is 1. The highest BCUT2D eigenvalue weighted by Gasteiger charge is 2.32. The van der Waals surface area contributed by atoms with E-state index in [-0.39, 0.29) is 4.90 Å². The monoisotopic (exact) mass is 421 g/mol. The van der Waals surface area contributed by atoms with Crippen molar-refractivity contribution in [3.63, 3.8) is 0 Å². The van der Waals surface area contributed by atoms with E-state index in [1.165, 1.54) is 11.1 Å². The fourth-order valence-corrected chi connectivity index (χ4v) is 4.51. The van der Waals surface area contributed by atoms with Crippen LogP contribution in [0.5, 0.6) is 0 Å². The Morgan fingerprint density at radius 3 is 2.44 bits per heavy atom. The number of nitrogens with zero attached hydrogens (tertiary/aromatic N) is 1. The van der Waals surface area contributed by atoms with Gasteiger partial charge in [0.05, 0.1) is 0 Å². The molecule has 1 heterocycles. The molecule has 25 heavy (non-hydrogen) atoms. The van der Waals surface area contributed by atoms with E-state index >= 15 is 0 Å². The van der Waals surface area contributed by atoms with E-state index in [1.54, 1.807) is 18.2 Å². The van der Waals surface area contributed by atoms with E-state index in [0.717, 1.165) is 11.3 Å². The van der Waals surface area contributed by atoms with E-state index < -0.39 is 22.1 Å². The first kappa shape index (κ1) is 17.5. The Labute approximate surface area is 154 Å². The molecule has 130 valence electrons. The summed E-state index contributed by atoms with van der Waals surface area (Å²) in [5.74, 6) is 0. The number of hydrazine groups is 1. The SMILES string of the molecule is CC1=CC(c2ccccc2)N(C(=O)NS(=O)(=O)c2ccccc2Br)N1. The summed E-state index contributed by atoms with van der Waals surface area (Å²) in [6.07, 6.45) is 1.86. The molecule has 0 spiro atoms. The van der Waals surface area contributed by atoms with Crippen LogP contribution in [-0.2, 0) is 10.0 Å². The molecule has 6 nitrogen and oxygen atoms in total. The van der Waals surface area contributed by atoms with E-state index in [4.69, 9.17) is 0 Å². The number of allylic oxidation sites excluding steroid dienone is 1. The minimum atomic E-state index is -4.00. The lowest BCUT2D eigenvalue weighted by molar-refractivity contribution is 0.179. The number of amides is 2. The third-order valence-electron chi connectivity index (χ3n) is 3.69. The molecule has 2 amide bonds. The second-order valence-electron chi connectivity index (χ2n) is 5.53. The van der Waals surface area contributed by atoms with Crippen LogP contribution in [0, 0.1) is 0 Å². The molecule has 2 aromatic rings. The highest BCUT2D eigenvalue weighted by molar-refractivity contribution is 9.10. The van der Waals surface area contributed by atoms with Crippen LogP contribution in [0.25, 0.3) is 0 Å². The summed E-state index contributed by atoms with van der Waals surface area (Å²) >= 11 is 3.19. The standard InChI is InChI=1S/C17H16BrN3O3S/c1-12-11-15(13-7-3-2-4-8-13)21(19-12)17(22)20-25(23,24)16-10-6-5-9-14(16)18/h2-11,15,19H,1H3,(H,20,22).